The van der Waals surface area contributed by atoms with E-state index in [1.54, 1.807) is 0 Å². The second-order valence-electron chi connectivity index (χ2n) is 9.11. The van der Waals surface area contributed by atoms with E-state index in [2.05, 4.69) is 17.2 Å². The van der Waals surface area contributed by atoms with Crippen LogP contribution in [0.1, 0.15) is 96.8 Å². The van der Waals surface area contributed by atoms with Crippen molar-refractivity contribution in [2.24, 2.45) is 10.2 Å². The van der Waals surface area contributed by atoms with Gasteiger partial charge in [0.2, 0.25) is 0 Å². The Hall–Kier alpha value is -2.25. The van der Waals surface area contributed by atoms with Gasteiger partial charge in [0.1, 0.15) is 5.75 Å². The second-order valence-corrected chi connectivity index (χ2v) is 10.5. The smallest absolute Gasteiger partial charge is 0.294 e. The molecule has 0 saturated carbocycles. The van der Waals surface area contributed by atoms with Gasteiger partial charge in [0.05, 0.1) is 22.9 Å². The van der Waals surface area contributed by atoms with Gasteiger partial charge in [-0.1, -0.05) is 90.4 Å². The van der Waals surface area contributed by atoms with Gasteiger partial charge in [0.25, 0.3) is 10.1 Å². The fraction of sp³-hybridized carbons (Fsp3) is 0.571. The molecule has 0 bridgehead atoms. The zero-order chi connectivity index (χ0) is 25.2. The highest BCUT2D eigenvalue weighted by Crippen LogP contribution is 2.22. The van der Waals surface area contributed by atoms with Crippen LogP contribution in [-0.4, -0.2) is 19.6 Å². The van der Waals surface area contributed by atoms with Crippen LogP contribution in [0.4, 0.5) is 11.4 Å². The average molecular weight is 503 g/mol. The zero-order valence-electron chi connectivity index (χ0n) is 21.2. The van der Waals surface area contributed by atoms with Crippen molar-refractivity contribution >= 4 is 21.5 Å². The Labute approximate surface area is 212 Å². The molecule has 194 valence electrons. The summed E-state index contributed by atoms with van der Waals surface area (Å²) >= 11 is 0. The molecule has 0 aliphatic rings. The second kappa shape index (κ2) is 17.2. The van der Waals surface area contributed by atoms with E-state index >= 15 is 0 Å². The van der Waals surface area contributed by atoms with Crippen molar-refractivity contribution in [2.45, 2.75) is 102 Å². The van der Waals surface area contributed by atoms with Crippen LogP contribution in [0.5, 0.6) is 5.75 Å². The van der Waals surface area contributed by atoms with E-state index in [9.17, 15) is 8.42 Å². The number of nitrogens with zero attached hydrogens (tertiary/aromatic N) is 2. The Bertz CT molecular complexity index is 942. The maximum absolute atomic E-state index is 11.1. The quantitative estimate of drug-likeness (QED) is 0.118. The average Bonchev–Trinajstić information content (AvgIpc) is 2.85. The number of rotatable bonds is 19. The molecule has 0 atom stereocenters. The Morgan fingerprint density at radius 2 is 1.03 bits per heavy atom. The highest BCUT2D eigenvalue weighted by molar-refractivity contribution is 7.85. The Morgan fingerprint density at radius 1 is 0.629 bits per heavy atom. The summed E-state index contributed by atoms with van der Waals surface area (Å²) in [4.78, 5) is -0.170. The summed E-state index contributed by atoms with van der Waals surface area (Å²) in [6.45, 7) is 2.99. The molecule has 1 N–H and O–H groups in total. The molecule has 0 unspecified atom stereocenters. The summed E-state index contributed by atoms with van der Waals surface area (Å²) in [6.07, 6.45) is 18.8. The summed E-state index contributed by atoms with van der Waals surface area (Å²) in [6, 6.07) is 13.0. The lowest BCUT2D eigenvalue weighted by molar-refractivity contribution is 0.304. The van der Waals surface area contributed by atoms with Crippen molar-refractivity contribution in [1.82, 2.24) is 0 Å². The van der Waals surface area contributed by atoms with Crippen molar-refractivity contribution in [3.63, 3.8) is 0 Å². The number of benzene rings is 2. The summed E-state index contributed by atoms with van der Waals surface area (Å²) < 4.78 is 37.0. The first-order valence-corrected chi connectivity index (χ1v) is 14.6. The molecule has 0 aliphatic heterocycles. The number of ether oxygens (including phenoxy) is 1. The topological polar surface area (TPSA) is 88.3 Å². The van der Waals surface area contributed by atoms with Crippen LogP contribution in [0.25, 0.3) is 0 Å². The van der Waals surface area contributed by atoms with E-state index in [-0.39, 0.29) is 4.90 Å². The third kappa shape index (κ3) is 13.4. The van der Waals surface area contributed by atoms with Crippen LogP contribution in [0.15, 0.2) is 63.7 Å². The molecule has 0 aromatic heterocycles. The van der Waals surface area contributed by atoms with E-state index < -0.39 is 10.1 Å². The molecule has 0 spiro atoms. The van der Waals surface area contributed by atoms with Gasteiger partial charge in [-0.25, -0.2) is 0 Å². The molecule has 35 heavy (non-hydrogen) atoms. The third-order valence-electron chi connectivity index (χ3n) is 6.02. The van der Waals surface area contributed by atoms with E-state index in [1.165, 1.54) is 108 Å². The molecule has 0 heterocycles. The molecular weight excluding hydrogens is 460 g/mol. The molecular formula is C28H42N2O4S. The highest BCUT2D eigenvalue weighted by Gasteiger charge is 2.08. The lowest BCUT2D eigenvalue weighted by Crippen LogP contribution is -1.97. The number of hydrogen-bond donors (Lipinski definition) is 1. The number of azo groups is 1. The normalized spacial score (nSPS) is 11.8. The van der Waals surface area contributed by atoms with Crippen LogP contribution in [0.3, 0.4) is 0 Å². The minimum atomic E-state index is -4.20. The van der Waals surface area contributed by atoms with Crippen LogP contribution < -0.4 is 4.74 Å². The summed E-state index contributed by atoms with van der Waals surface area (Å²) in [5, 5.41) is 8.23. The molecule has 2 rings (SSSR count). The predicted octanol–water partition coefficient (Wildman–Crippen LogP) is 9.21. The fourth-order valence-electron chi connectivity index (χ4n) is 3.90. The molecule has 0 radical (unpaired) electrons. The standard InChI is InChI=1S/C28H42N2O4S/c1-2-3-4-5-6-7-8-9-10-11-12-13-14-15-24-34-27-20-16-25(17-21-27)29-30-26-18-22-28(23-19-26)35(31,32)33/h16-23H,2-15,24H2,1H3,(H,31,32,33). The van der Waals surface area contributed by atoms with Crippen LogP contribution in [0.2, 0.25) is 0 Å². The molecule has 0 saturated heterocycles. The maximum atomic E-state index is 11.1. The van der Waals surface area contributed by atoms with Crippen molar-refractivity contribution in [2.75, 3.05) is 6.61 Å². The van der Waals surface area contributed by atoms with Crippen molar-refractivity contribution in [1.29, 1.82) is 0 Å². The van der Waals surface area contributed by atoms with E-state index in [0.717, 1.165) is 18.8 Å². The lowest BCUT2D eigenvalue weighted by atomic mass is 10.0. The van der Waals surface area contributed by atoms with Crippen molar-refractivity contribution in [3.05, 3.63) is 48.5 Å². The SMILES string of the molecule is CCCCCCCCCCCCCCCCOc1ccc(N=Nc2ccc(S(=O)(=O)O)cc2)cc1. The Morgan fingerprint density at radius 3 is 1.46 bits per heavy atom. The maximum Gasteiger partial charge on any atom is 0.294 e. The molecule has 7 heteroatoms. The molecule has 0 fully saturated rings. The number of hydrogen-bond acceptors (Lipinski definition) is 5. The van der Waals surface area contributed by atoms with Crippen LogP contribution in [0, 0.1) is 0 Å². The molecule has 0 aliphatic carbocycles. The first kappa shape index (κ1) is 29.0. The molecule has 2 aromatic rings. The fourth-order valence-corrected chi connectivity index (χ4v) is 4.38. The Balaban J connectivity index is 1.50. The Kier molecular flexibility index (Phi) is 14.3. The molecule has 6 nitrogen and oxygen atoms in total. The zero-order valence-corrected chi connectivity index (χ0v) is 22.0. The van der Waals surface area contributed by atoms with Crippen molar-refractivity contribution < 1.29 is 17.7 Å². The van der Waals surface area contributed by atoms with Gasteiger partial charge in [0, 0.05) is 0 Å². The first-order chi connectivity index (χ1) is 17.0. The minimum Gasteiger partial charge on any atom is -0.494 e. The molecule has 2 aromatic carbocycles. The molecule has 0 amide bonds. The van der Waals surface area contributed by atoms with Gasteiger partial charge in [-0.2, -0.15) is 18.6 Å². The van der Waals surface area contributed by atoms with E-state index in [1.807, 2.05) is 24.3 Å². The summed E-state index contributed by atoms with van der Waals surface area (Å²) in [5.41, 5.74) is 1.17. The van der Waals surface area contributed by atoms with E-state index in [4.69, 9.17) is 9.29 Å². The van der Waals surface area contributed by atoms with E-state index in [0.29, 0.717) is 11.4 Å². The lowest BCUT2D eigenvalue weighted by Gasteiger charge is -2.06. The third-order valence-corrected chi connectivity index (χ3v) is 6.89. The summed E-state index contributed by atoms with van der Waals surface area (Å²) in [7, 11) is -4.20. The van der Waals surface area contributed by atoms with Gasteiger partial charge in [-0.15, -0.1) is 0 Å². The van der Waals surface area contributed by atoms with Gasteiger partial charge >= 0.3 is 0 Å². The predicted molar refractivity (Wildman–Crippen MR) is 143 cm³/mol. The minimum absolute atomic E-state index is 0.170. The van der Waals surface area contributed by atoms with Gasteiger partial charge in [-0.3, -0.25) is 4.55 Å². The summed E-state index contributed by atoms with van der Waals surface area (Å²) in [5.74, 6) is 0.816. The van der Waals surface area contributed by atoms with Crippen LogP contribution in [-0.2, 0) is 10.1 Å². The van der Waals surface area contributed by atoms with Gasteiger partial charge < -0.3 is 4.74 Å². The first-order valence-electron chi connectivity index (χ1n) is 13.2. The van der Waals surface area contributed by atoms with Gasteiger partial charge in [0.15, 0.2) is 0 Å². The largest absolute Gasteiger partial charge is 0.494 e. The van der Waals surface area contributed by atoms with Crippen LogP contribution >= 0.6 is 0 Å². The van der Waals surface area contributed by atoms with Gasteiger partial charge in [-0.05, 0) is 55.0 Å². The monoisotopic (exact) mass is 502 g/mol. The highest BCUT2D eigenvalue weighted by atomic mass is 32.2. The number of unbranched alkanes of at least 4 members (excludes halogenated alkanes) is 13. The van der Waals surface area contributed by atoms with Crippen molar-refractivity contribution in [3.8, 4) is 5.75 Å².